The molecular formula is C12H14BrN3S. The summed E-state index contributed by atoms with van der Waals surface area (Å²) in [6.07, 6.45) is 0. The van der Waals surface area contributed by atoms with E-state index in [4.69, 9.17) is 0 Å². The van der Waals surface area contributed by atoms with Gasteiger partial charge in [-0.2, -0.15) is 0 Å². The zero-order chi connectivity index (χ0) is 12.3. The van der Waals surface area contributed by atoms with Gasteiger partial charge in [-0.05, 0) is 33.0 Å². The molecule has 2 rings (SSSR count). The van der Waals surface area contributed by atoms with E-state index in [-0.39, 0.29) is 0 Å². The van der Waals surface area contributed by atoms with Crippen molar-refractivity contribution in [3.8, 4) is 0 Å². The normalized spacial score (nSPS) is 10.8. The van der Waals surface area contributed by atoms with E-state index in [9.17, 15) is 0 Å². The van der Waals surface area contributed by atoms with Crippen molar-refractivity contribution in [2.45, 2.75) is 26.3 Å². The Kier molecular flexibility index (Phi) is 4.12. The summed E-state index contributed by atoms with van der Waals surface area (Å²) < 4.78 is 0.801. The van der Waals surface area contributed by atoms with E-state index in [2.05, 4.69) is 69.6 Å². The van der Waals surface area contributed by atoms with E-state index in [1.165, 1.54) is 22.5 Å². The first-order chi connectivity index (χ1) is 8.15. The number of nitrogens with one attached hydrogen (secondary N) is 1. The topological polar surface area (TPSA) is 37.8 Å². The van der Waals surface area contributed by atoms with Crippen molar-refractivity contribution >= 4 is 32.4 Å². The minimum atomic E-state index is 0.580. The number of nitrogens with zero attached hydrogens (tertiary/aromatic N) is 2. The van der Waals surface area contributed by atoms with Crippen LogP contribution in [-0.2, 0) is 6.54 Å². The van der Waals surface area contributed by atoms with Gasteiger partial charge in [-0.3, -0.25) is 0 Å². The summed E-state index contributed by atoms with van der Waals surface area (Å²) in [5, 5.41) is 12.0. The molecule has 0 saturated heterocycles. The van der Waals surface area contributed by atoms with Gasteiger partial charge in [0.1, 0.15) is 0 Å². The van der Waals surface area contributed by atoms with Gasteiger partial charge in [0.05, 0.1) is 0 Å². The first-order valence-corrected chi connectivity index (χ1v) is 7.08. The van der Waals surface area contributed by atoms with Crippen LogP contribution in [0.5, 0.6) is 0 Å². The largest absolute Gasteiger partial charge is 0.356 e. The number of anilines is 1. The maximum absolute atomic E-state index is 3.99. The van der Waals surface area contributed by atoms with E-state index in [1.807, 2.05) is 0 Å². The molecular weight excluding hydrogens is 298 g/mol. The van der Waals surface area contributed by atoms with Crippen molar-refractivity contribution in [1.29, 1.82) is 0 Å². The van der Waals surface area contributed by atoms with Crippen LogP contribution in [0.3, 0.4) is 0 Å². The smallest absolute Gasteiger partial charge is 0.206 e. The zero-order valence-corrected chi connectivity index (χ0v) is 12.2. The lowest BCUT2D eigenvalue weighted by Gasteiger charge is -2.07. The van der Waals surface area contributed by atoms with Gasteiger partial charge in [0.15, 0.2) is 3.92 Å². The zero-order valence-electron chi connectivity index (χ0n) is 9.77. The predicted molar refractivity (Wildman–Crippen MR) is 75.5 cm³/mol. The van der Waals surface area contributed by atoms with Crippen LogP contribution in [0.25, 0.3) is 0 Å². The van der Waals surface area contributed by atoms with Crippen molar-refractivity contribution < 1.29 is 0 Å². The van der Waals surface area contributed by atoms with E-state index < -0.39 is 0 Å². The van der Waals surface area contributed by atoms with Crippen LogP contribution in [0.2, 0.25) is 0 Å². The van der Waals surface area contributed by atoms with Crippen LogP contribution in [0.4, 0.5) is 5.13 Å². The quantitative estimate of drug-likeness (QED) is 0.926. The number of aromatic nitrogens is 2. The van der Waals surface area contributed by atoms with Gasteiger partial charge in [-0.15, -0.1) is 10.2 Å². The van der Waals surface area contributed by atoms with Gasteiger partial charge in [-0.1, -0.05) is 49.4 Å². The van der Waals surface area contributed by atoms with E-state index in [0.717, 1.165) is 15.6 Å². The molecule has 2 aromatic rings. The Morgan fingerprint density at radius 1 is 1.24 bits per heavy atom. The molecule has 1 heterocycles. The van der Waals surface area contributed by atoms with E-state index >= 15 is 0 Å². The maximum atomic E-state index is 3.99. The Balaban J connectivity index is 1.95. The Bertz CT molecular complexity index is 479. The average molecular weight is 312 g/mol. The van der Waals surface area contributed by atoms with Crippen LogP contribution in [0.1, 0.15) is 30.9 Å². The van der Waals surface area contributed by atoms with Crippen LogP contribution in [-0.4, -0.2) is 10.2 Å². The SMILES string of the molecule is CC(C)c1ccc(CNc2nnc(Br)s2)cc1. The number of rotatable bonds is 4. The van der Waals surface area contributed by atoms with Crippen molar-refractivity contribution in [1.82, 2.24) is 10.2 Å². The Labute approximate surface area is 113 Å². The highest BCUT2D eigenvalue weighted by Crippen LogP contribution is 2.21. The van der Waals surface area contributed by atoms with E-state index in [0.29, 0.717) is 5.92 Å². The number of hydrogen-bond acceptors (Lipinski definition) is 4. The summed E-state index contributed by atoms with van der Waals surface area (Å²) >= 11 is 4.79. The maximum Gasteiger partial charge on any atom is 0.206 e. The summed E-state index contributed by atoms with van der Waals surface area (Å²) in [5.41, 5.74) is 2.62. The molecule has 0 spiro atoms. The molecule has 0 fully saturated rings. The van der Waals surface area contributed by atoms with Gasteiger partial charge in [0, 0.05) is 6.54 Å². The molecule has 0 bridgehead atoms. The van der Waals surface area contributed by atoms with Crippen molar-refractivity contribution in [3.05, 3.63) is 39.3 Å². The molecule has 1 aromatic heterocycles. The first kappa shape index (κ1) is 12.5. The van der Waals surface area contributed by atoms with Gasteiger partial charge >= 0.3 is 0 Å². The molecule has 0 aliphatic carbocycles. The highest BCUT2D eigenvalue weighted by Gasteiger charge is 2.02. The molecule has 17 heavy (non-hydrogen) atoms. The number of halogens is 1. The fourth-order valence-electron chi connectivity index (χ4n) is 1.47. The third-order valence-corrected chi connectivity index (χ3v) is 3.80. The Morgan fingerprint density at radius 2 is 1.94 bits per heavy atom. The summed E-state index contributed by atoms with van der Waals surface area (Å²) in [5.74, 6) is 0.580. The first-order valence-electron chi connectivity index (χ1n) is 5.47. The predicted octanol–water partition coefficient (Wildman–Crippen LogP) is 4.04. The monoisotopic (exact) mass is 311 g/mol. The lowest BCUT2D eigenvalue weighted by atomic mass is 10.0. The average Bonchev–Trinajstić information content (AvgIpc) is 2.73. The molecule has 1 aromatic carbocycles. The fraction of sp³-hybridized carbons (Fsp3) is 0.333. The molecule has 0 unspecified atom stereocenters. The van der Waals surface area contributed by atoms with Crippen molar-refractivity contribution in [3.63, 3.8) is 0 Å². The third-order valence-electron chi connectivity index (χ3n) is 2.49. The minimum Gasteiger partial charge on any atom is -0.356 e. The number of hydrogen-bond donors (Lipinski definition) is 1. The second kappa shape index (κ2) is 5.60. The highest BCUT2D eigenvalue weighted by atomic mass is 79.9. The molecule has 90 valence electrons. The molecule has 0 atom stereocenters. The lowest BCUT2D eigenvalue weighted by molar-refractivity contribution is 0.865. The van der Waals surface area contributed by atoms with Crippen molar-refractivity contribution in [2.24, 2.45) is 0 Å². The van der Waals surface area contributed by atoms with Gasteiger partial charge in [0.2, 0.25) is 5.13 Å². The molecule has 0 aliphatic heterocycles. The summed E-state index contributed by atoms with van der Waals surface area (Å²) in [6.45, 7) is 5.18. The molecule has 1 N–H and O–H groups in total. The molecule has 3 nitrogen and oxygen atoms in total. The molecule has 0 amide bonds. The highest BCUT2D eigenvalue weighted by molar-refractivity contribution is 9.11. The minimum absolute atomic E-state index is 0.580. The van der Waals surface area contributed by atoms with Gasteiger partial charge in [-0.25, -0.2) is 0 Å². The molecule has 0 radical (unpaired) electrons. The molecule has 0 saturated carbocycles. The van der Waals surface area contributed by atoms with Gasteiger partial charge in [0.25, 0.3) is 0 Å². The van der Waals surface area contributed by atoms with Crippen LogP contribution in [0.15, 0.2) is 28.2 Å². The Morgan fingerprint density at radius 3 is 2.47 bits per heavy atom. The third kappa shape index (κ3) is 3.51. The second-order valence-electron chi connectivity index (χ2n) is 4.11. The van der Waals surface area contributed by atoms with Crippen LogP contribution in [0, 0.1) is 0 Å². The molecule has 5 heteroatoms. The van der Waals surface area contributed by atoms with Crippen LogP contribution >= 0.6 is 27.3 Å². The fourth-order valence-corrected chi connectivity index (χ4v) is 2.48. The standard InChI is InChI=1S/C12H14BrN3S/c1-8(2)10-5-3-9(4-6-10)7-14-12-16-15-11(13)17-12/h3-6,8H,7H2,1-2H3,(H,14,16). The van der Waals surface area contributed by atoms with E-state index in [1.54, 1.807) is 0 Å². The van der Waals surface area contributed by atoms with Crippen molar-refractivity contribution in [2.75, 3.05) is 5.32 Å². The summed E-state index contributed by atoms with van der Waals surface area (Å²) in [4.78, 5) is 0. The Hall–Kier alpha value is -0.940. The van der Waals surface area contributed by atoms with Crippen LogP contribution < -0.4 is 5.32 Å². The summed E-state index contributed by atoms with van der Waals surface area (Å²) in [7, 11) is 0. The molecule has 0 aliphatic rings. The second-order valence-corrected chi connectivity index (χ2v) is 6.36. The lowest BCUT2D eigenvalue weighted by Crippen LogP contribution is -1.99. The number of benzene rings is 1. The van der Waals surface area contributed by atoms with Gasteiger partial charge < -0.3 is 5.32 Å². The summed E-state index contributed by atoms with van der Waals surface area (Å²) in [6, 6.07) is 8.66.